The Kier molecular flexibility index (Phi) is 5.97. The summed E-state index contributed by atoms with van der Waals surface area (Å²) in [7, 11) is 0. The Morgan fingerprint density at radius 3 is 3.00 bits per heavy atom. The van der Waals surface area contributed by atoms with Crippen molar-refractivity contribution in [1.29, 1.82) is 0 Å². The van der Waals surface area contributed by atoms with E-state index in [0.29, 0.717) is 0 Å². The van der Waals surface area contributed by atoms with Crippen LogP contribution in [0, 0.1) is 0 Å². The molecule has 15 heavy (non-hydrogen) atoms. The largest absolute Gasteiger partial charge is 0.382 e. The summed E-state index contributed by atoms with van der Waals surface area (Å²) in [6.07, 6.45) is 4.69. The third-order valence-electron chi connectivity index (χ3n) is 2.27. The Morgan fingerprint density at radius 2 is 2.33 bits per heavy atom. The van der Waals surface area contributed by atoms with Gasteiger partial charge in [-0.3, -0.25) is 4.98 Å². The van der Waals surface area contributed by atoms with Crippen LogP contribution in [-0.4, -0.2) is 24.2 Å². The summed E-state index contributed by atoms with van der Waals surface area (Å²) in [5.74, 6) is 0. The smallest absolute Gasteiger partial charge is 0.0466 e. The van der Waals surface area contributed by atoms with Crippen LogP contribution in [0.15, 0.2) is 24.4 Å². The van der Waals surface area contributed by atoms with Gasteiger partial charge in [-0.2, -0.15) is 0 Å². The monoisotopic (exact) mass is 208 g/mol. The fraction of sp³-hybridized carbons (Fsp3) is 0.583. The van der Waals surface area contributed by atoms with Gasteiger partial charge in [0.2, 0.25) is 0 Å². The summed E-state index contributed by atoms with van der Waals surface area (Å²) < 4.78 is 5.26. The van der Waals surface area contributed by atoms with Crippen molar-refractivity contribution < 1.29 is 4.74 Å². The lowest BCUT2D eigenvalue weighted by Crippen LogP contribution is -2.23. The van der Waals surface area contributed by atoms with Gasteiger partial charge in [-0.05, 0) is 31.9 Å². The summed E-state index contributed by atoms with van der Waals surface area (Å²) in [6.45, 7) is 3.61. The van der Waals surface area contributed by atoms with Gasteiger partial charge in [-0.25, -0.2) is 0 Å². The molecule has 2 N–H and O–H groups in total. The Hall–Kier alpha value is -0.930. The zero-order valence-electron chi connectivity index (χ0n) is 9.36. The molecule has 1 heterocycles. The first-order valence-electron chi connectivity index (χ1n) is 5.56. The molecule has 0 fully saturated rings. The van der Waals surface area contributed by atoms with E-state index in [-0.39, 0.29) is 6.04 Å². The number of aromatic nitrogens is 1. The highest BCUT2D eigenvalue weighted by atomic mass is 16.5. The lowest BCUT2D eigenvalue weighted by molar-refractivity contribution is 0.142. The molecular weight excluding hydrogens is 188 g/mol. The Labute approximate surface area is 91.7 Å². The number of nitrogens with two attached hydrogens (primary N) is 1. The zero-order chi connectivity index (χ0) is 10.9. The Balaban J connectivity index is 2.16. The maximum atomic E-state index is 5.99. The van der Waals surface area contributed by atoms with Crippen LogP contribution in [-0.2, 0) is 11.2 Å². The van der Waals surface area contributed by atoms with Crippen LogP contribution in [0.2, 0.25) is 0 Å². The molecule has 0 amide bonds. The van der Waals surface area contributed by atoms with Gasteiger partial charge in [-0.15, -0.1) is 0 Å². The Morgan fingerprint density at radius 1 is 1.47 bits per heavy atom. The van der Waals surface area contributed by atoms with Gasteiger partial charge < -0.3 is 10.5 Å². The first kappa shape index (κ1) is 12.1. The molecule has 84 valence electrons. The maximum absolute atomic E-state index is 5.99. The molecule has 1 unspecified atom stereocenters. The van der Waals surface area contributed by atoms with Crippen molar-refractivity contribution in [2.75, 3.05) is 13.2 Å². The van der Waals surface area contributed by atoms with Crippen molar-refractivity contribution in [3.05, 3.63) is 30.1 Å². The van der Waals surface area contributed by atoms with E-state index in [4.69, 9.17) is 10.5 Å². The standard InChI is InChI=1S/C12H20N2O/c1-2-15-9-5-6-11(13)10-12-7-3-4-8-14-12/h3-4,7-8,11H,2,5-6,9-10,13H2,1H3. The van der Waals surface area contributed by atoms with Crippen LogP contribution >= 0.6 is 0 Å². The van der Waals surface area contributed by atoms with Crippen LogP contribution in [0.5, 0.6) is 0 Å². The van der Waals surface area contributed by atoms with E-state index < -0.39 is 0 Å². The first-order chi connectivity index (χ1) is 7.33. The molecule has 3 nitrogen and oxygen atoms in total. The summed E-state index contributed by atoms with van der Waals surface area (Å²) >= 11 is 0. The molecule has 3 heteroatoms. The number of hydrogen-bond acceptors (Lipinski definition) is 3. The minimum Gasteiger partial charge on any atom is -0.382 e. The van der Waals surface area contributed by atoms with Gasteiger partial charge in [0, 0.05) is 37.6 Å². The van der Waals surface area contributed by atoms with Gasteiger partial charge in [0.15, 0.2) is 0 Å². The molecule has 0 saturated heterocycles. The molecule has 0 aliphatic carbocycles. The average Bonchev–Trinajstić information content (AvgIpc) is 2.26. The fourth-order valence-corrected chi connectivity index (χ4v) is 1.48. The second kappa shape index (κ2) is 7.37. The lowest BCUT2D eigenvalue weighted by Gasteiger charge is -2.10. The quantitative estimate of drug-likeness (QED) is 0.695. The predicted molar refractivity (Wildman–Crippen MR) is 61.6 cm³/mol. The van der Waals surface area contributed by atoms with Crippen molar-refractivity contribution in [2.45, 2.75) is 32.2 Å². The second-order valence-electron chi connectivity index (χ2n) is 3.62. The fourth-order valence-electron chi connectivity index (χ4n) is 1.48. The van der Waals surface area contributed by atoms with Crippen LogP contribution in [0.25, 0.3) is 0 Å². The molecule has 0 saturated carbocycles. The van der Waals surface area contributed by atoms with Crippen molar-refractivity contribution in [1.82, 2.24) is 4.98 Å². The topological polar surface area (TPSA) is 48.1 Å². The molecule has 0 spiro atoms. The summed E-state index contributed by atoms with van der Waals surface area (Å²) in [5, 5.41) is 0. The number of pyridine rings is 1. The van der Waals surface area contributed by atoms with E-state index in [1.54, 1.807) is 0 Å². The van der Waals surface area contributed by atoms with E-state index in [2.05, 4.69) is 4.98 Å². The zero-order valence-corrected chi connectivity index (χ0v) is 9.36. The third-order valence-corrected chi connectivity index (χ3v) is 2.27. The number of hydrogen-bond donors (Lipinski definition) is 1. The van der Waals surface area contributed by atoms with E-state index in [1.165, 1.54) is 0 Å². The van der Waals surface area contributed by atoms with Crippen LogP contribution < -0.4 is 5.73 Å². The van der Waals surface area contributed by atoms with Crippen molar-refractivity contribution in [2.24, 2.45) is 5.73 Å². The van der Waals surface area contributed by atoms with Crippen molar-refractivity contribution in [3.8, 4) is 0 Å². The molecule has 0 aromatic carbocycles. The van der Waals surface area contributed by atoms with Crippen molar-refractivity contribution >= 4 is 0 Å². The van der Waals surface area contributed by atoms with Crippen LogP contribution in [0.4, 0.5) is 0 Å². The van der Waals surface area contributed by atoms with E-state index in [1.807, 2.05) is 31.3 Å². The molecular formula is C12H20N2O. The van der Waals surface area contributed by atoms with Gasteiger partial charge in [-0.1, -0.05) is 6.07 Å². The number of nitrogens with zero attached hydrogens (tertiary/aromatic N) is 1. The summed E-state index contributed by atoms with van der Waals surface area (Å²) in [5.41, 5.74) is 7.06. The maximum Gasteiger partial charge on any atom is 0.0466 e. The molecule has 0 aliphatic rings. The van der Waals surface area contributed by atoms with E-state index in [9.17, 15) is 0 Å². The molecule has 1 rings (SSSR count). The lowest BCUT2D eigenvalue weighted by atomic mass is 10.1. The minimum atomic E-state index is 0.195. The van der Waals surface area contributed by atoms with Gasteiger partial charge in [0.05, 0.1) is 0 Å². The number of rotatable bonds is 7. The third kappa shape index (κ3) is 5.50. The molecule has 0 aliphatic heterocycles. The highest BCUT2D eigenvalue weighted by Crippen LogP contribution is 2.03. The molecule has 0 radical (unpaired) electrons. The normalized spacial score (nSPS) is 12.7. The van der Waals surface area contributed by atoms with Crippen LogP contribution in [0.1, 0.15) is 25.5 Å². The molecule has 1 aromatic heterocycles. The average molecular weight is 208 g/mol. The second-order valence-corrected chi connectivity index (χ2v) is 3.62. The Bertz CT molecular complexity index is 251. The minimum absolute atomic E-state index is 0.195. The summed E-state index contributed by atoms with van der Waals surface area (Å²) in [4.78, 5) is 4.25. The van der Waals surface area contributed by atoms with Crippen LogP contribution in [0.3, 0.4) is 0 Å². The highest BCUT2D eigenvalue weighted by Gasteiger charge is 2.04. The SMILES string of the molecule is CCOCCCC(N)Cc1ccccn1. The van der Waals surface area contributed by atoms with E-state index in [0.717, 1.165) is 38.2 Å². The van der Waals surface area contributed by atoms with Gasteiger partial charge in [0.25, 0.3) is 0 Å². The number of ether oxygens (including phenoxy) is 1. The predicted octanol–water partition coefficient (Wildman–Crippen LogP) is 1.77. The summed E-state index contributed by atoms with van der Waals surface area (Å²) in [6, 6.07) is 6.13. The highest BCUT2D eigenvalue weighted by molar-refractivity contribution is 5.04. The first-order valence-corrected chi connectivity index (χ1v) is 5.56. The van der Waals surface area contributed by atoms with E-state index >= 15 is 0 Å². The molecule has 1 atom stereocenters. The molecule has 1 aromatic rings. The molecule has 0 bridgehead atoms. The van der Waals surface area contributed by atoms with Gasteiger partial charge >= 0.3 is 0 Å². The van der Waals surface area contributed by atoms with Crippen molar-refractivity contribution in [3.63, 3.8) is 0 Å². The van der Waals surface area contributed by atoms with Gasteiger partial charge in [0.1, 0.15) is 0 Å².